The van der Waals surface area contributed by atoms with Crippen LogP contribution in [0.2, 0.25) is 0 Å². The van der Waals surface area contributed by atoms with Gasteiger partial charge in [0, 0.05) is 18.3 Å². The first-order chi connectivity index (χ1) is 9.35. The average Bonchev–Trinajstić information content (AvgIpc) is 3.06. The third-order valence-corrected chi connectivity index (χ3v) is 4.29. The second kappa shape index (κ2) is 5.68. The second-order valence-corrected chi connectivity index (χ2v) is 5.80. The fourth-order valence-corrected chi connectivity index (χ4v) is 3.29. The van der Waals surface area contributed by atoms with Crippen LogP contribution < -0.4 is 10.1 Å². The van der Waals surface area contributed by atoms with Gasteiger partial charge in [-0.3, -0.25) is 0 Å². The van der Waals surface area contributed by atoms with E-state index in [1.165, 1.54) is 18.5 Å². The van der Waals surface area contributed by atoms with Crippen LogP contribution in [0.4, 0.5) is 5.69 Å². The van der Waals surface area contributed by atoms with E-state index < -0.39 is 0 Å². The monoisotopic (exact) mass is 257 g/mol. The van der Waals surface area contributed by atoms with Gasteiger partial charge in [0.2, 0.25) is 0 Å². The molecular weight excluding hydrogens is 234 g/mol. The topological polar surface area (TPSA) is 21.3 Å². The number of hydrogen-bond acceptors (Lipinski definition) is 2. The van der Waals surface area contributed by atoms with Crippen LogP contribution in [0.15, 0.2) is 36.4 Å². The fraction of sp³-hybridized carbons (Fsp3) is 0.529. The van der Waals surface area contributed by atoms with Gasteiger partial charge in [-0.05, 0) is 49.1 Å². The molecule has 1 aromatic carbocycles. The maximum absolute atomic E-state index is 5.67. The summed E-state index contributed by atoms with van der Waals surface area (Å²) in [6.45, 7) is 4.01. The molecule has 0 heterocycles. The summed E-state index contributed by atoms with van der Waals surface area (Å²) in [5.41, 5.74) is 1.18. The van der Waals surface area contributed by atoms with Crippen molar-refractivity contribution in [2.24, 2.45) is 17.8 Å². The van der Waals surface area contributed by atoms with Crippen molar-refractivity contribution in [1.82, 2.24) is 0 Å². The van der Waals surface area contributed by atoms with Gasteiger partial charge < -0.3 is 10.1 Å². The number of hydrogen-bond donors (Lipinski definition) is 1. The van der Waals surface area contributed by atoms with Crippen molar-refractivity contribution in [3.63, 3.8) is 0 Å². The van der Waals surface area contributed by atoms with E-state index in [2.05, 4.69) is 42.6 Å². The molecule has 1 N–H and O–H groups in total. The molecule has 1 fully saturated rings. The van der Waals surface area contributed by atoms with Crippen LogP contribution in [0.1, 0.15) is 26.2 Å². The summed E-state index contributed by atoms with van der Waals surface area (Å²) in [6, 6.07) is 8.33. The first-order valence-electron chi connectivity index (χ1n) is 7.50. The molecule has 2 heteroatoms. The number of fused-ring (bicyclic) bond motifs is 2. The van der Waals surface area contributed by atoms with Gasteiger partial charge in [0.1, 0.15) is 5.75 Å². The summed E-state index contributed by atoms with van der Waals surface area (Å²) < 4.78 is 5.67. The lowest BCUT2D eigenvalue weighted by atomic mass is 9.93. The fourth-order valence-electron chi connectivity index (χ4n) is 3.29. The zero-order valence-corrected chi connectivity index (χ0v) is 11.6. The van der Waals surface area contributed by atoms with E-state index in [-0.39, 0.29) is 0 Å². The maximum Gasteiger partial charge on any atom is 0.121 e. The molecule has 0 aromatic heterocycles. The molecule has 3 unspecified atom stereocenters. The predicted octanol–water partition coefficient (Wildman–Crippen LogP) is 4.10. The Labute approximate surface area is 115 Å². The van der Waals surface area contributed by atoms with E-state index in [1.54, 1.807) is 0 Å². The first kappa shape index (κ1) is 12.6. The Bertz CT molecular complexity index is 454. The molecule has 0 amide bonds. The van der Waals surface area contributed by atoms with Crippen LogP contribution >= 0.6 is 0 Å². The molecule has 2 aliphatic rings. The van der Waals surface area contributed by atoms with Crippen LogP contribution in [0.25, 0.3) is 0 Å². The molecule has 2 nitrogen and oxygen atoms in total. The van der Waals surface area contributed by atoms with Crippen molar-refractivity contribution in [2.75, 3.05) is 18.5 Å². The van der Waals surface area contributed by atoms with Crippen LogP contribution in [-0.4, -0.2) is 13.2 Å². The van der Waals surface area contributed by atoms with Crippen molar-refractivity contribution >= 4 is 5.69 Å². The molecule has 2 bridgehead atoms. The molecule has 0 spiro atoms. The van der Waals surface area contributed by atoms with Crippen LogP contribution in [0.3, 0.4) is 0 Å². The van der Waals surface area contributed by atoms with E-state index in [1.807, 2.05) is 6.07 Å². The van der Waals surface area contributed by atoms with Gasteiger partial charge in [-0.2, -0.15) is 0 Å². The molecule has 0 radical (unpaired) electrons. The summed E-state index contributed by atoms with van der Waals surface area (Å²) in [5, 5.41) is 3.57. The van der Waals surface area contributed by atoms with Gasteiger partial charge >= 0.3 is 0 Å². The Morgan fingerprint density at radius 3 is 2.95 bits per heavy atom. The standard InChI is InChI=1S/C17H23NO/c1-2-8-19-17-5-3-4-16(11-17)18-12-15-10-13-6-7-14(15)9-13/h3-7,11,13-15,18H,2,8-10,12H2,1H3. The quantitative estimate of drug-likeness (QED) is 0.775. The van der Waals surface area contributed by atoms with E-state index >= 15 is 0 Å². The molecular formula is C17H23NO. The second-order valence-electron chi connectivity index (χ2n) is 5.80. The lowest BCUT2D eigenvalue weighted by molar-refractivity contribution is 0.317. The van der Waals surface area contributed by atoms with Crippen molar-refractivity contribution in [2.45, 2.75) is 26.2 Å². The third-order valence-electron chi connectivity index (χ3n) is 4.29. The minimum atomic E-state index is 0.792. The summed E-state index contributed by atoms with van der Waals surface area (Å²) >= 11 is 0. The normalized spacial score (nSPS) is 27.7. The highest BCUT2D eigenvalue weighted by atomic mass is 16.5. The number of anilines is 1. The Morgan fingerprint density at radius 2 is 2.21 bits per heavy atom. The summed E-state index contributed by atoms with van der Waals surface area (Å²) in [5.74, 6) is 3.46. The summed E-state index contributed by atoms with van der Waals surface area (Å²) in [6.07, 6.45) is 8.61. The first-order valence-corrected chi connectivity index (χ1v) is 7.50. The van der Waals surface area contributed by atoms with Crippen LogP contribution in [0.5, 0.6) is 5.75 Å². The van der Waals surface area contributed by atoms with Gasteiger partial charge in [-0.15, -0.1) is 0 Å². The number of nitrogens with one attached hydrogen (secondary N) is 1. The summed E-state index contributed by atoms with van der Waals surface area (Å²) in [7, 11) is 0. The number of rotatable bonds is 6. The number of ether oxygens (including phenoxy) is 1. The maximum atomic E-state index is 5.67. The molecule has 1 saturated carbocycles. The van der Waals surface area contributed by atoms with Gasteiger partial charge in [0.25, 0.3) is 0 Å². The molecule has 102 valence electrons. The Hall–Kier alpha value is -1.44. The van der Waals surface area contributed by atoms with Gasteiger partial charge in [-0.1, -0.05) is 25.1 Å². The lowest BCUT2D eigenvalue weighted by Crippen LogP contribution is -2.18. The van der Waals surface area contributed by atoms with Crippen molar-refractivity contribution < 1.29 is 4.74 Å². The average molecular weight is 257 g/mol. The van der Waals surface area contributed by atoms with E-state index in [4.69, 9.17) is 4.74 Å². The minimum absolute atomic E-state index is 0.792. The van der Waals surface area contributed by atoms with Crippen LogP contribution in [-0.2, 0) is 0 Å². The largest absolute Gasteiger partial charge is 0.494 e. The highest BCUT2D eigenvalue weighted by molar-refractivity contribution is 5.48. The van der Waals surface area contributed by atoms with E-state index in [0.717, 1.165) is 43.1 Å². The SMILES string of the molecule is CCCOc1cccc(NCC2CC3C=CC2C3)c1. The van der Waals surface area contributed by atoms with Gasteiger partial charge in [-0.25, -0.2) is 0 Å². The molecule has 0 aliphatic heterocycles. The molecule has 3 atom stereocenters. The molecule has 0 saturated heterocycles. The molecule has 1 aromatic rings. The Balaban J connectivity index is 1.53. The minimum Gasteiger partial charge on any atom is -0.494 e. The molecule has 2 aliphatic carbocycles. The van der Waals surface area contributed by atoms with Gasteiger partial charge in [0.05, 0.1) is 6.61 Å². The Morgan fingerprint density at radius 1 is 1.26 bits per heavy atom. The van der Waals surface area contributed by atoms with Crippen molar-refractivity contribution in [1.29, 1.82) is 0 Å². The van der Waals surface area contributed by atoms with E-state index in [9.17, 15) is 0 Å². The highest BCUT2D eigenvalue weighted by Crippen LogP contribution is 2.43. The van der Waals surface area contributed by atoms with Crippen molar-refractivity contribution in [3.05, 3.63) is 36.4 Å². The predicted molar refractivity (Wildman–Crippen MR) is 79.6 cm³/mol. The zero-order valence-electron chi connectivity index (χ0n) is 11.6. The highest BCUT2D eigenvalue weighted by Gasteiger charge is 2.35. The third kappa shape index (κ3) is 2.94. The smallest absolute Gasteiger partial charge is 0.121 e. The van der Waals surface area contributed by atoms with E-state index in [0.29, 0.717) is 0 Å². The summed E-state index contributed by atoms with van der Waals surface area (Å²) in [4.78, 5) is 0. The number of benzene rings is 1. The lowest BCUT2D eigenvalue weighted by Gasteiger charge is -2.19. The zero-order chi connectivity index (χ0) is 13.1. The van der Waals surface area contributed by atoms with Gasteiger partial charge in [0.15, 0.2) is 0 Å². The molecule has 19 heavy (non-hydrogen) atoms. The Kier molecular flexibility index (Phi) is 3.77. The van der Waals surface area contributed by atoms with Crippen LogP contribution in [0, 0.1) is 17.8 Å². The van der Waals surface area contributed by atoms with Crippen molar-refractivity contribution in [3.8, 4) is 5.75 Å². The molecule has 3 rings (SSSR count). The number of allylic oxidation sites excluding steroid dienone is 2.